The molecule has 1 aromatic heterocycles. The van der Waals surface area contributed by atoms with Crippen molar-refractivity contribution in [2.75, 3.05) is 16.0 Å². The highest BCUT2D eigenvalue weighted by Gasteiger charge is 2.08. The average molecular weight is 371 g/mol. The molecule has 7 heteroatoms. The third-order valence-electron chi connectivity index (χ3n) is 3.75. The topological polar surface area (TPSA) is 107 Å². The Morgan fingerprint density at radius 3 is 2.32 bits per heavy atom. The van der Waals surface area contributed by atoms with Crippen LogP contribution in [0.3, 0.4) is 0 Å². The molecule has 0 saturated carbocycles. The van der Waals surface area contributed by atoms with Gasteiger partial charge in [0.1, 0.15) is 5.82 Å². The summed E-state index contributed by atoms with van der Waals surface area (Å²) in [4.78, 5) is 27.8. The van der Waals surface area contributed by atoms with Gasteiger partial charge in [-0.05, 0) is 54.6 Å². The van der Waals surface area contributed by atoms with E-state index in [0.29, 0.717) is 34.0 Å². The summed E-state index contributed by atoms with van der Waals surface area (Å²) in [6.45, 7) is 1.43. The van der Waals surface area contributed by atoms with E-state index in [9.17, 15) is 9.59 Å². The van der Waals surface area contributed by atoms with E-state index in [-0.39, 0.29) is 11.8 Å². The van der Waals surface area contributed by atoms with Crippen molar-refractivity contribution >= 4 is 34.7 Å². The van der Waals surface area contributed by atoms with Crippen LogP contribution in [0.15, 0.2) is 66.9 Å². The van der Waals surface area contributed by atoms with Crippen LogP contribution in [0.1, 0.15) is 22.8 Å². The van der Waals surface area contributed by atoms with Crippen molar-refractivity contribution in [3.8, 4) is 6.07 Å². The molecule has 3 rings (SSSR count). The summed E-state index contributed by atoms with van der Waals surface area (Å²) in [5.74, 6) is 0.0427. The summed E-state index contributed by atoms with van der Waals surface area (Å²) in [5.41, 5.74) is 2.92. The summed E-state index contributed by atoms with van der Waals surface area (Å²) in [7, 11) is 0. The van der Waals surface area contributed by atoms with Gasteiger partial charge in [0.2, 0.25) is 5.91 Å². The Morgan fingerprint density at radius 1 is 0.929 bits per heavy atom. The van der Waals surface area contributed by atoms with E-state index >= 15 is 0 Å². The van der Waals surface area contributed by atoms with Gasteiger partial charge in [-0.2, -0.15) is 5.26 Å². The Kier molecular flexibility index (Phi) is 5.63. The van der Waals surface area contributed by atoms with Crippen molar-refractivity contribution in [1.82, 2.24) is 4.98 Å². The number of amides is 2. The minimum absolute atomic E-state index is 0.158. The van der Waals surface area contributed by atoms with Gasteiger partial charge >= 0.3 is 0 Å². The maximum Gasteiger partial charge on any atom is 0.255 e. The second-order valence-electron chi connectivity index (χ2n) is 5.96. The second-order valence-corrected chi connectivity index (χ2v) is 5.96. The summed E-state index contributed by atoms with van der Waals surface area (Å²) in [6.07, 6.45) is 1.53. The molecule has 3 N–H and O–H groups in total. The van der Waals surface area contributed by atoms with E-state index in [4.69, 9.17) is 5.26 Å². The fourth-order valence-electron chi connectivity index (χ4n) is 2.50. The lowest BCUT2D eigenvalue weighted by molar-refractivity contribution is -0.114. The van der Waals surface area contributed by atoms with Gasteiger partial charge in [-0.15, -0.1) is 0 Å². The first kappa shape index (κ1) is 18.6. The molecule has 2 aromatic carbocycles. The summed E-state index contributed by atoms with van der Waals surface area (Å²) >= 11 is 0. The minimum Gasteiger partial charge on any atom is -0.340 e. The highest BCUT2D eigenvalue weighted by Crippen LogP contribution is 2.18. The lowest BCUT2D eigenvalue weighted by Crippen LogP contribution is -2.12. The Labute approximate surface area is 162 Å². The van der Waals surface area contributed by atoms with Crippen molar-refractivity contribution in [2.24, 2.45) is 0 Å². The highest BCUT2D eigenvalue weighted by molar-refractivity contribution is 6.04. The van der Waals surface area contributed by atoms with Crippen LogP contribution in [0.4, 0.5) is 22.9 Å². The Bertz CT molecular complexity index is 1050. The van der Waals surface area contributed by atoms with Crippen LogP contribution in [0, 0.1) is 11.3 Å². The number of nitrogens with zero attached hydrogens (tertiary/aromatic N) is 2. The number of hydrogen-bond donors (Lipinski definition) is 3. The summed E-state index contributed by atoms with van der Waals surface area (Å²) in [6, 6.07) is 19.1. The number of anilines is 4. The number of hydrogen-bond acceptors (Lipinski definition) is 5. The summed E-state index contributed by atoms with van der Waals surface area (Å²) in [5, 5.41) is 17.5. The Hall–Kier alpha value is -4.18. The fraction of sp³-hybridized carbons (Fsp3) is 0.0476. The van der Waals surface area contributed by atoms with Crippen LogP contribution >= 0.6 is 0 Å². The number of aromatic nitrogens is 1. The molecular weight excluding hydrogens is 354 g/mol. The number of rotatable bonds is 5. The molecule has 0 saturated heterocycles. The third kappa shape index (κ3) is 4.93. The number of nitriles is 1. The number of pyridine rings is 1. The number of nitrogens with one attached hydrogen (secondary N) is 3. The zero-order valence-corrected chi connectivity index (χ0v) is 15.1. The molecule has 28 heavy (non-hydrogen) atoms. The van der Waals surface area contributed by atoms with Crippen LogP contribution in [-0.2, 0) is 4.79 Å². The van der Waals surface area contributed by atoms with Gasteiger partial charge in [0.25, 0.3) is 5.91 Å². The van der Waals surface area contributed by atoms with Crippen molar-refractivity contribution in [3.63, 3.8) is 0 Å². The van der Waals surface area contributed by atoms with Gasteiger partial charge in [-0.3, -0.25) is 9.59 Å². The number of carbonyl (C=O) groups excluding carboxylic acids is 2. The standard InChI is InChI=1S/C21H17N5O2/c1-14(27)24-17-5-7-18(8-6-17)26-21(28)16-9-10-23-20(12-16)25-19-4-2-3-15(11-19)13-22/h2-12H,1H3,(H,23,25)(H,24,27)(H,26,28). The van der Waals surface area contributed by atoms with Crippen LogP contribution < -0.4 is 16.0 Å². The molecule has 0 unspecified atom stereocenters. The Balaban J connectivity index is 1.69. The smallest absolute Gasteiger partial charge is 0.255 e. The SMILES string of the molecule is CC(=O)Nc1ccc(NC(=O)c2ccnc(Nc3cccc(C#N)c3)c2)cc1. The molecule has 0 atom stereocenters. The molecule has 0 aliphatic rings. The molecule has 0 aliphatic heterocycles. The van der Waals surface area contributed by atoms with Crippen LogP contribution in [0.2, 0.25) is 0 Å². The first-order valence-corrected chi connectivity index (χ1v) is 8.46. The molecule has 3 aromatic rings. The van der Waals surface area contributed by atoms with Crippen LogP contribution in [0.25, 0.3) is 0 Å². The molecule has 0 bridgehead atoms. The number of carbonyl (C=O) groups is 2. The van der Waals surface area contributed by atoms with E-state index < -0.39 is 0 Å². The van der Waals surface area contributed by atoms with Crippen molar-refractivity contribution in [3.05, 3.63) is 78.0 Å². The largest absolute Gasteiger partial charge is 0.340 e. The van der Waals surface area contributed by atoms with Crippen LogP contribution in [-0.4, -0.2) is 16.8 Å². The molecule has 138 valence electrons. The molecule has 0 aliphatic carbocycles. The maximum absolute atomic E-state index is 12.5. The van der Waals surface area contributed by atoms with Crippen LogP contribution in [0.5, 0.6) is 0 Å². The monoisotopic (exact) mass is 371 g/mol. The maximum atomic E-state index is 12.5. The lowest BCUT2D eigenvalue weighted by Gasteiger charge is -2.09. The first-order chi connectivity index (χ1) is 13.5. The molecule has 0 spiro atoms. The molecular formula is C21H17N5O2. The molecule has 0 radical (unpaired) electrons. The first-order valence-electron chi connectivity index (χ1n) is 8.46. The molecule has 0 fully saturated rings. The summed E-state index contributed by atoms with van der Waals surface area (Å²) < 4.78 is 0. The van der Waals surface area contributed by atoms with Gasteiger partial charge in [-0.25, -0.2) is 4.98 Å². The van der Waals surface area contributed by atoms with Crippen molar-refractivity contribution < 1.29 is 9.59 Å². The van der Waals surface area contributed by atoms with E-state index in [2.05, 4.69) is 27.0 Å². The van der Waals surface area contributed by atoms with Gasteiger partial charge < -0.3 is 16.0 Å². The predicted octanol–water partition coefficient (Wildman–Crippen LogP) is 3.91. The zero-order valence-electron chi connectivity index (χ0n) is 15.1. The molecule has 7 nitrogen and oxygen atoms in total. The quantitative estimate of drug-likeness (QED) is 0.630. The average Bonchev–Trinajstić information content (AvgIpc) is 2.69. The van der Waals surface area contributed by atoms with Gasteiger partial charge in [0.15, 0.2) is 0 Å². The Morgan fingerprint density at radius 2 is 1.64 bits per heavy atom. The van der Waals surface area contributed by atoms with E-state index in [1.54, 1.807) is 54.6 Å². The molecule has 1 heterocycles. The lowest BCUT2D eigenvalue weighted by atomic mass is 10.2. The third-order valence-corrected chi connectivity index (χ3v) is 3.75. The predicted molar refractivity (Wildman–Crippen MR) is 107 cm³/mol. The number of benzene rings is 2. The molecule has 2 amide bonds. The normalized spacial score (nSPS) is 9.86. The van der Waals surface area contributed by atoms with Gasteiger partial charge in [-0.1, -0.05) is 6.07 Å². The van der Waals surface area contributed by atoms with Crippen molar-refractivity contribution in [1.29, 1.82) is 5.26 Å². The van der Waals surface area contributed by atoms with Gasteiger partial charge in [0, 0.05) is 35.7 Å². The highest BCUT2D eigenvalue weighted by atomic mass is 16.2. The minimum atomic E-state index is -0.288. The second kappa shape index (κ2) is 8.47. The van der Waals surface area contributed by atoms with Crippen molar-refractivity contribution in [2.45, 2.75) is 6.92 Å². The van der Waals surface area contributed by atoms with E-state index in [1.807, 2.05) is 6.07 Å². The van der Waals surface area contributed by atoms with E-state index in [0.717, 1.165) is 0 Å². The van der Waals surface area contributed by atoms with E-state index in [1.165, 1.54) is 13.1 Å². The zero-order chi connectivity index (χ0) is 19.9. The van der Waals surface area contributed by atoms with Gasteiger partial charge in [0.05, 0.1) is 11.6 Å². The fourth-order valence-corrected chi connectivity index (χ4v) is 2.50.